The van der Waals surface area contributed by atoms with Crippen LogP contribution in [-0.2, 0) is 4.74 Å². The van der Waals surface area contributed by atoms with Crippen LogP contribution in [0, 0.1) is 0 Å². The monoisotopic (exact) mass is 286 g/mol. The molecule has 0 fully saturated rings. The molecule has 0 saturated heterocycles. The number of hydrogen-bond acceptors (Lipinski definition) is 4. The van der Waals surface area contributed by atoms with Crippen LogP contribution in [0.1, 0.15) is 20.7 Å². The Morgan fingerprint density at radius 3 is 2.57 bits per heavy atom. The topological polar surface area (TPSA) is 79.5 Å². The molecule has 0 unspecified atom stereocenters. The number of H-pyrrole nitrogens is 1. The quantitative estimate of drug-likeness (QED) is 0.866. The van der Waals surface area contributed by atoms with Crippen LogP contribution in [0.3, 0.4) is 0 Å². The largest absolute Gasteiger partial charge is 0.465 e. The van der Waals surface area contributed by atoms with Gasteiger partial charge in [-0.25, -0.2) is 4.79 Å². The second-order valence-electron chi connectivity index (χ2n) is 4.31. The summed E-state index contributed by atoms with van der Waals surface area (Å²) in [5, 5.41) is 0. The number of para-hydroxylation sites is 1. The van der Waals surface area contributed by atoms with E-state index in [0.29, 0.717) is 5.69 Å². The molecule has 0 atom stereocenters. The van der Waals surface area contributed by atoms with Gasteiger partial charge in [0, 0.05) is 24.9 Å². The minimum atomic E-state index is -0.531. The van der Waals surface area contributed by atoms with Crippen LogP contribution in [0.2, 0.25) is 0 Å². The Morgan fingerprint density at radius 2 is 1.90 bits per heavy atom. The Hall–Kier alpha value is -2.89. The van der Waals surface area contributed by atoms with E-state index >= 15 is 0 Å². The van der Waals surface area contributed by atoms with E-state index in [1.807, 2.05) is 0 Å². The lowest BCUT2D eigenvalue weighted by molar-refractivity contribution is 0.0601. The fourth-order valence-electron chi connectivity index (χ4n) is 1.93. The summed E-state index contributed by atoms with van der Waals surface area (Å²) < 4.78 is 4.70. The number of nitrogens with one attached hydrogen (secondary N) is 1. The van der Waals surface area contributed by atoms with E-state index in [2.05, 4.69) is 4.98 Å². The van der Waals surface area contributed by atoms with Crippen LogP contribution in [0.4, 0.5) is 5.69 Å². The first-order chi connectivity index (χ1) is 10.0. The fourth-order valence-corrected chi connectivity index (χ4v) is 1.93. The van der Waals surface area contributed by atoms with Crippen molar-refractivity contribution in [1.82, 2.24) is 4.98 Å². The lowest BCUT2D eigenvalue weighted by atomic mass is 10.1. The van der Waals surface area contributed by atoms with Gasteiger partial charge in [-0.15, -0.1) is 0 Å². The standard InChI is InChI=1S/C15H14N2O4/c1-17(14(19)10-7-8-16-13(18)9-10)12-6-4-3-5-11(12)15(20)21-2/h3-9H,1-2H3,(H,16,18). The van der Waals surface area contributed by atoms with Gasteiger partial charge in [0.2, 0.25) is 5.56 Å². The molecule has 0 saturated carbocycles. The van der Waals surface area contributed by atoms with Crippen LogP contribution in [0.25, 0.3) is 0 Å². The maximum Gasteiger partial charge on any atom is 0.339 e. The maximum absolute atomic E-state index is 12.4. The maximum atomic E-state index is 12.4. The number of pyridine rings is 1. The summed E-state index contributed by atoms with van der Waals surface area (Å²) in [5.41, 5.74) is 0.562. The first-order valence-corrected chi connectivity index (χ1v) is 6.18. The minimum Gasteiger partial charge on any atom is -0.465 e. The second-order valence-corrected chi connectivity index (χ2v) is 4.31. The highest BCUT2D eigenvalue weighted by Crippen LogP contribution is 2.21. The molecule has 6 nitrogen and oxygen atoms in total. The Balaban J connectivity index is 2.41. The molecule has 0 aliphatic carbocycles. The van der Waals surface area contributed by atoms with Crippen molar-refractivity contribution in [3.8, 4) is 0 Å². The summed E-state index contributed by atoms with van der Waals surface area (Å²) in [6.45, 7) is 0. The second kappa shape index (κ2) is 6.04. The van der Waals surface area contributed by atoms with Crippen molar-refractivity contribution < 1.29 is 14.3 Å². The van der Waals surface area contributed by atoms with Crippen LogP contribution < -0.4 is 10.5 Å². The van der Waals surface area contributed by atoms with Crippen LogP contribution in [-0.4, -0.2) is 31.0 Å². The van der Waals surface area contributed by atoms with E-state index in [4.69, 9.17) is 4.74 Å². The number of amides is 1. The van der Waals surface area contributed by atoms with Gasteiger partial charge in [-0.05, 0) is 18.2 Å². The lowest BCUT2D eigenvalue weighted by Crippen LogP contribution is -2.29. The van der Waals surface area contributed by atoms with E-state index in [1.54, 1.807) is 24.3 Å². The molecule has 0 aliphatic heterocycles. The summed E-state index contributed by atoms with van der Waals surface area (Å²) >= 11 is 0. The molecular weight excluding hydrogens is 272 g/mol. The molecule has 2 rings (SSSR count). The Morgan fingerprint density at radius 1 is 1.19 bits per heavy atom. The number of ether oxygens (including phenoxy) is 1. The van der Waals surface area contributed by atoms with Gasteiger partial charge in [0.05, 0.1) is 18.4 Å². The molecular formula is C15H14N2O4. The van der Waals surface area contributed by atoms with E-state index < -0.39 is 11.9 Å². The van der Waals surface area contributed by atoms with Gasteiger partial charge >= 0.3 is 5.97 Å². The highest BCUT2D eigenvalue weighted by molar-refractivity contribution is 6.09. The van der Waals surface area contributed by atoms with E-state index in [-0.39, 0.29) is 16.7 Å². The lowest BCUT2D eigenvalue weighted by Gasteiger charge is -2.19. The summed E-state index contributed by atoms with van der Waals surface area (Å²) in [6, 6.07) is 9.31. The molecule has 1 amide bonds. The average molecular weight is 286 g/mol. The molecule has 1 N–H and O–H groups in total. The zero-order chi connectivity index (χ0) is 15.4. The average Bonchev–Trinajstić information content (AvgIpc) is 2.52. The number of rotatable bonds is 3. The number of esters is 1. The molecule has 108 valence electrons. The smallest absolute Gasteiger partial charge is 0.339 e. The summed E-state index contributed by atoms with van der Waals surface area (Å²) in [6.07, 6.45) is 1.40. The van der Waals surface area contributed by atoms with Crippen molar-refractivity contribution in [3.63, 3.8) is 0 Å². The van der Waals surface area contributed by atoms with Crippen molar-refractivity contribution in [1.29, 1.82) is 0 Å². The number of anilines is 1. The number of aromatic amines is 1. The molecule has 2 aromatic rings. The Labute approximate surface area is 121 Å². The zero-order valence-electron chi connectivity index (χ0n) is 11.6. The molecule has 0 spiro atoms. The number of nitrogens with zero attached hydrogens (tertiary/aromatic N) is 1. The van der Waals surface area contributed by atoms with Gasteiger partial charge in [0.1, 0.15) is 0 Å². The van der Waals surface area contributed by atoms with Crippen molar-refractivity contribution in [2.75, 3.05) is 19.1 Å². The van der Waals surface area contributed by atoms with Crippen molar-refractivity contribution in [2.24, 2.45) is 0 Å². The van der Waals surface area contributed by atoms with Crippen molar-refractivity contribution in [3.05, 3.63) is 64.1 Å². The van der Waals surface area contributed by atoms with Crippen LogP contribution >= 0.6 is 0 Å². The third-order valence-corrected chi connectivity index (χ3v) is 3.00. The Bertz CT molecular complexity index is 736. The molecule has 0 bridgehead atoms. The third-order valence-electron chi connectivity index (χ3n) is 3.00. The molecule has 1 aromatic carbocycles. The first kappa shape index (κ1) is 14.5. The molecule has 1 aromatic heterocycles. The summed E-state index contributed by atoms with van der Waals surface area (Å²) in [7, 11) is 2.81. The van der Waals surface area contributed by atoms with Crippen LogP contribution in [0.5, 0.6) is 0 Å². The molecule has 21 heavy (non-hydrogen) atoms. The highest BCUT2D eigenvalue weighted by atomic mass is 16.5. The van der Waals surface area contributed by atoms with Gasteiger partial charge < -0.3 is 14.6 Å². The predicted octanol–water partition coefficient (Wildman–Crippen LogP) is 1.44. The number of hydrogen-bond donors (Lipinski definition) is 1. The van der Waals surface area contributed by atoms with Gasteiger partial charge in [-0.3, -0.25) is 9.59 Å². The summed E-state index contributed by atoms with van der Waals surface area (Å²) in [5.74, 6) is -0.923. The molecule has 1 heterocycles. The van der Waals surface area contributed by atoms with Gasteiger partial charge in [-0.2, -0.15) is 0 Å². The van der Waals surface area contributed by atoms with Crippen molar-refractivity contribution >= 4 is 17.6 Å². The minimum absolute atomic E-state index is 0.237. The summed E-state index contributed by atoms with van der Waals surface area (Å²) in [4.78, 5) is 39.1. The number of carbonyl (C=O) groups excluding carboxylic acids is 2. The SMILES string of the molecule is COC(=O)c1ccccc1N(C)C(=O)c1cc[nH]c(=O)c1. The van der Waals surface area contributed by atoms with Gasteiger partial charge in [0.15, 0.2) is 0 Å². The Kier molecular flexibility index (Phi) is 4.18. The normalized spacial score (nSPS) is 10.0. The highest BCUT2D eigenvalue weighted by Gasteiger charge is 2.19. The molecule has 6 heteroatoms. The van der Waals surface area contributed by atoms with E-state index in [9.17, 15) is 14.4 Å². The van der Waals surface area contributed by atoms with Gasteiger partial charge in [-0.1, -0.05) is 12.1 Å². The number of carbonyl (C=O) groups is 2. The predicted molar refractivity (Wildman–Crippen MR) is 77.6 cm³/mol. The first-order valence-electron chi connectivity index (χ1n) is 6.18. The van der Waals surface area contributed by atoms with Crippen LogP contribution in [0.15, 0.2) is 47.4 Å². The molecule has 0 radical (unpaired) electrons. The molecule has 0 aliphatic rings. The van der Waals surface area contributed by atoms with E-state index in [0.717, 1.165) is 0 Å². The third kappa shape index (κ3) is 3.00. The fraction of sp³-hybridized carbons (Fsp3) is 0.133. The van der Waals surface area contributed by atoms with E-state index in [1.165, 1.54) is 37.4 Å². The van der Waals surface area contributed by atoms with Gasteiger partial charge in [0.25, 0.3) is 5.91 Å². The van der Waals surface area contributed by atoms with Crippen molar-refractivity contribution in [2.45, 2.75) is 0 Å². The number of methoxy groups -OCH3 is 1. The number of benzene rings is 1. The number of aromatic nitrogens is 1. The zero-order valence-corrected chi connectivity index (χ0v) is 11.6.